The molecule has 0 aromatic heterocycles. The molecular weight excluding hydrogens is 569 g/mol. The van der Waals surface area contributed by atoms with Crippen LogP contribution in [0.4, 0.5) is 0 Å². The van der Waals surface area contributed by atoms with Crippen LogP contribution >= 0.6 is 23.2 Å². The highest BCUT2D eigenvalue weighted by Gasteiger charge is 2.32. The van der Waals surface area contributed by atoms with Crippen LogP contribution in [0.1, 0.15) is 0 Å². The summed E-state index contributed by atoms with van der Waals surface area (Å²) in [5.41, 5.74) is 0. The maximum Gasteiger partial charge on any atom is 0.246 e. The quantitative estimate of drug-likeness (QED) is 0.415. The highest BCUT2D eigenvalue weighted by atomic mass is 35.5. The summed E-state index contributed by atoms with van der Waals surface area (Å²) in [5, 5.41) is 0.459. The summed E-state index contributed by atoms with van der Waals surface area (Å²) in [5.74, 6) is 0.639. The second kappa shape index (κ2) is 12.2. The van der Waals surface area contributed by atoms with Crippen molar-refractivity contribution in [2.45, 2.75) is 9.79 Å². The minimum atomic E-state index is -3.92. The molecule has 11 nitrogen and oxygen atoms in total. The van der Waals surface area contributed by atoms with Crippen LogP contribution in [0.25, 0.3) is 0 Å². The van der Waals surface area contributed by atoms with Gasteiger partial charge in [0.05, 0.1) is 38.5 Å². The van der Waals surface area contributed by atoms with Gasteiger partial charge in [0.2, 0.25) is 20.0 Å². The van der Waals surface area contributed by atoms with Crippen molar-refractivity contribution in [2.75, 3.05) is 67.7 Å². The normalized spacial score (nSPS) is 15.4. The van der Waals surface area contributed by atoms with Gasteiger partial charge in [-0.05, 0) is 0 Å². The number of hydrogen-bond donors (Lipinski definition) is 1. The monoisotopic (exact) mass is 597 g/mol. The lowest BCUT2D eigenvalue weighted by molar-refractivity contribution is 0.191. The fourth-order valence-electron chi connectivity index (χ4n) is 3.82. The fraction of sp³-hybridized carbons (Fsp3) is 0.455. The van der Waals surface area contributed by atoms with Crippen molar-refractivity contribution < 1.29 is 35.8 Å². The first-order chi connectivity index (χ1) is 17.5. The van der Waals surface area contributed by atoms with Crippen molar-refractivity contribution in [3.05, 3.63) is 34.3 Å². The summed E-state index contributed by atoms with van der Waals surface area (Å²) in [6, 6.07) is 5.42. The Labute approximate surface area is 227 Å². The SMILES string of the molecule is COc1cc(S(=O)(=O)NCCN2CCN(S(=O)(=O)c3cc(OC)c(Cl)cc3OC)CC2)c(OC)cc1Cl. The third-order valence-corrected chi connectivity index (χ3v) is 9.83. The second-order valence-electron chi connectivity index (χ2n) is 7.92. The number of sulfonamides is 2. The van der Waals surface area contributed by atoms with Gasteiger partial charge in [-0.3, -0.25) is 4.90 Å². The maximum atomic E-state index is 13.3. The lowest BCUT2D eigenvalue weighted by atomic mass is 10.3. The van der Waals surface area contributed by atoms with Gasteiger partial charge >= 0.3 is 0 Å². The first-order valence-electron chi connectivity index (χ1n) is 11.0. The molecule has 0 saturated carbocycles. The van der Waals surface area contributed by atoms with E-state index in [-0.39, 0.29) is 62.5 Å². The number of piperazine rings is 1. The van der Waals surface area contributed by atoms with Gasteiger partial charge < -0.3 is 18.9 Å². The average Bonchev–Trinajstić information content (AvgIpc) is 2.88. The van der Waals surface area contributed by atoms with E-state index < -0.39 is 20.0 Å². The zero-order chi connectivity index (χ0) is 27.4. The molecule has 2 aromatic carbocycles. The minimum absolute atomic E-state index is 0.0372. The number of benzene rings is 2. The Bertz CT molecular complexity index is 1330. The van der Waals surface area contributed by atoms with Crippen molar-refractivity contribution in [1.82, 2.24) is 13.9 Å². The highest BCUT2D eigenvalue weighted by Crippen LogP contribution is 2.37. The van der Waals surface area contributed by atoms with E-state index in [0.29, 0.717) is 19.6 Å². The van der Waals surface area contributed by atoms with E-state index in [4.69, 9.17) is 42.1 Å². The third kappa shape index (κ3) is 6.53. The first kappa shape index (κ1) is 29.6. The van der Waals surface area contributed by atoms with Crippen LogP contribution in [0.2, 0.25) is 10.0 Å². The van der Waals surface area contributed by atoms with E-state index >= 15 is 0 Å². The predicted molar refractivity (Wildman–Crippen MR) is 139 cm³/mol. The topological polar surface area (TPSA) is 124 Å². The molecule has 0 aliphatic carbocycles. The average molecular weight is 599 g/mol. The molecule has 1 aliphatic heterocycles. The largest absolute Gasteiger partial charge is 0.495 e. The van der Waals surface area contributed by atoms with Crippen LogP contribution in [0.3, 0.4) is 0 Å². The van der Waals surface area contributed by atoms with Gasteiger partial charge in [0.1, 0.15) is 32.8 Å². The number of nitrogens with one attached hydrogen (secondary N) is 1. The van der Waals surface area contributed by atoms with Crippen molar-refractivity contribution >= 4 is 43.2 Å². The first-order valence-corrected chi connectivity index (χ1v) is 14.7. The summed E-state index contributed by atoms with van der Waals surface area (Å²) in [4.78, 5) is 1.83. The summed E-state index contributed by atoms with van der Waals surface area (Å²) in [7, 11) is -2.30. The molecule has 0 bridgehead atoms. The van der Waals surface area contributed by atoms with E-state index in [2.05, 4.69) is 4.72 Å². The van der Waals surface area contributed by atoms with Crippen molar-refractivity contribution in [1.29, 1.82) is 0 Å². The second-order valence-corrected chi connectivity index (χ2v) is 12.4. The number of nitrogens with zero attached hydrogens (tertiary/aromatic N) is 2. The number of hydrogen-bond acceptors (Lipinski definition) is 9. The van der Waals surface area contributed by atoms with E-state index in [1.165, 1.54) is 57.0 Å². The molecule has 37 heavy (non-hydrogen) atoms. The van der Waals surface area contributed by atoms with E-state index in [1.807, 2.05) is 4.90 Å². The number of ether oxygens (including phenoxy) is 4. The zero-order valence-corrected chi connectivity index (χ0v) is 23.9. The van der Waals surface area contributed by atoms with Crippen LogP contribution < -0.4 is 23.7 Å². The lowest BCUT2D eigenvalue weighted by Crippen LogP contribution is -2.50. The van der Waals surface area contributed by atoms with Crippen molar-refractivity contribution in [2.24, 2.45) is 0 Å². The van der Waals surface area contributed by atoms with E-state index in [9.17, 15) is 16.8 Å². The molecule has 1 N–H and O–H groups in total. The van der Waals surface area contributed by atoms with E-state index in [0.717, 1.165) is 0 Å². The smallest absolute Gasteiger partial charge is 0.246 e. The van der Waals surface area contributed by atoms with Crippen LogP contribution in [0.5, 0.6) is 23.0 Å². The molecule has 0 amide bonds. The highest BCUT2D eigenvalue weighted by molar-refractivity contribution is 7.89. The van der Waals surface area contributed by atoms with Crippen LogP contribution in [-0.2, 0) is 20.0 Å². The zero-order valence-electron chi connectivity index (χ0n) is 20.8. The Morgan fingerprint density at radius 3 is 1.68 bits per heavy atom. The number of halogens is 2. The van der Waals surface area contributed by atoms with Gasteiger partial charge in [0.25, 0.3) is 0 Å². The Morgan fingerprint density at radius 1 is 0.730 bits per heavy atom. The van der Waals surface area contributed by atoms with Gasteiger partial charge in [0, 0.05) is 63.5 Å². The summed E-state index contributed by atoms with van der Waals surface area (Å²) >= 11 is 12.2. The Morgan fingerprint density at radius 2 is 1.19 bits per heavy atom. The number of rotatable bonds is 11. The molecule has 3 rings (SSSR count). The van der Waals surface area contributed by atoms with Gasteiger partial charge in [-0.1, -0.05) is 23.2 Å². The standard InChI is InChI=1S/C22H29Cl2N3O8S2/c1-32-17-13-21(19(34-3)11-15(17)23)36(28,29)25-5-6-26-7-9-27(10-8-26)37(30,31)22-14-18(33-2)16(24)12-20(22)35-4/h11-14,25H,5-10H2,1-4H3. The van der Waals surface area contributed by atoms with Crippen LogP contribution in [0.15, 0.2) is 34.1 Å². The van der Waals surface area contributed by atoms with Crippen molar-refractivity contribution in [3.63, 3.8) is 0 Å². The number of methoxy groups -OCH3 is 4. The van der Waals surface area contributed by atoms with Gasteiger partial charge in [0.15, 0.2) is 0 Å². The Hall–Kier alpha value is -2.00. The molecule has 15 heteroatoms. The van der Waals surface area contributed by atoms with Gasteiger partial charge in [-0.25, -0.2) is 21.6 Å². The summed E-state index contributed by atoms with van der Waals surface area (Å²) in [6.07, 6.45) is 0. The Kier molecular flexibility index (Phi) is 9.78. The van der Waals surface area contributed by atoms with Crippen LogP contribution in [0, 0.1) is 0 Å². The molecule has 1 saturated heterocycles. The van der Waals surface area contributed by atoms with Crippen LogP contribution in [-0.4, -0.2) is 93.7 Å². The molecule has 0 unspecified atom stereocenters. The summed E-state index contributed by atoms with van der Waals surface area (Å²) < 4.78 is 76.9. The summed E-state index contributed by atoms with van der Waals surface area (Å²) in [6.45, 7) is 1.72. The molecule has 206 valence electrons. The van der Waals surface area contributed by atoms with Gasteiger partial charge in [-0.2, -0.15) is 4.31 Å². The molecule has 0 spiro atoms. The molecule has 0 radical (unpaired) electrons. The minimum Gasteiger partial charge on any atom is -0.495 e. The molecule has 0 atom stereocenters. The fourth-order valence-corrected chi connectivity index (χ4v) is 7.05. The molecule has 1 fully saturated rings. The lowest BCUT2D eigenvalue weighted by Gasteiger charge is -2.34. The van der Waals surface area contributed by atoms with Gasteiger partial charge in [-0.15, -0.1) is 0 Å². The van der Waals surface area contributed by atoms with Crippen molar-refractivity contribution in [3.8, 4) is 23.0 Å². The molecule has 1 aliphatic rings. The Balaban J connectivity index is 1.63. The molecular formula is C22H29Cl2N3O8S2. The molecule has 2 aromatic rings. The molecule has 1 heterocycles. The predicted octanol–water partition coefficient (Wildman–Crippen LogP) is 2.31. The third-order valence-electron chi connectivity index (χ3n) is 5.83. The maximum absolute atomic E-state index is 13.3. The van der Waals surface area contributed by atoms with E-state index in [1.54, 1.807) is 0 Å².